The highest BCUT2D eigenvalue weighted by Gasteiger charge is 2.30. The first-order valence-corrected chi connectivity index (χ1v) is 9.28. The molecule has 1 aromatic carbocycles. The summed E-state index contributed by atoms with van der Waals surface area (Å²) in [6.07, 6.45) is 7.57. The van der Waals surface area contributed by atoms with Gasteiger partial charge in [-0.25, -0.2) is 0 Å². The number of aryl methyl sites for hydroxylation is 1. The third-order valence-corrected chi connectivity index (χ3v) is 5.55. The monoisotopic (exact) mass is 335 g/mol. The lowest BCUT2D eigenvalue weighted by molar-refractivity contribution is -0.135. The normalized spacial score (nSPS) is 23.1. The molecule has 25 heavy (non-hydrogen) atoms. The van der Waals surface area contributed by atoms with E-state index in [0.717, 1.165) is 44.5 Å². The van der Waals surface area contributed by atoms with Crippen LogP contribution in [0.2, 0.25) is 0 Å². The summed E-state index contributed by atoms with van der Waals surface area (Å²) in [7, 11) is 0. The van der Waals surface area contributed by atoms with Gasteiger partial charge in [-0.1, -0.05) is 30.3 Å². The molecular formula is C21H25N3O. The minimum absolute atomic E-state index is 0.103. The standard InChI is InChI=1S/C21H25N3O/c25-21(13-16-7-8-17-4-1-2-5-18(17)12-16)24-11-10-23-15-20(24)19-6-3-9-22-14-19/h1-6,9,14,16,20,23H,7-8,10-13,15H2. The van der Waals surface area contributed by atoms with Crippen LogP contribution in [0.5, 0.6) is 0 Å². The van der Waals surface area contributed by atoms with E-state index >= 15 is 0 Å². The number of pyridine rings is 1. The highest BCUT2D eigenvalue weighted by molar-refractivity contribution is 5.77. The van der Waals surface area contributed by atoms with Crippen molar-refractivity contribution < 1.29 is 4.79 Å². The van der Waals surface area contributed by atoms with Gasteiger partial charge in [-0.3, -0.25) is 9.78 Å². The summed E-state index contributed by atoms with van der Waals surface area (Å²) in [6.45, 7) is 2.46. The second-order valence-electron chi connectivity index (χ2n) is 7.18. The van der Waals surface area contributed by atoms with Crippen molar-refractivity contribution in [2.75, 3.05) is 19.6 Å². The number of piperazine rings is 1. The summed E-state index contributed by atoms with van der Waals surface area (Å²) in [4.78, 5) is 19.3. The fraction of sp³-hybridized carbons (Fsp3) is 0.429. The van der Waals surface area contributed by atoms with Gasteiger partial charge in [0.05, 0.1) is 6.04 Å². The maximum absolute atomic E-state index is 13.0. The molecule has 0 bridgehead atoms. The Hall–Kier alpha value is -2.20. The molecule has 0 saturated carbocycles. The summed E-state index contributed by atoms with van der Waals surface area (Å²) in [6, 6.07) is 12.8. The molecule has 1 aliphatic heterocycles. The van der Waals surface area contributed by atoms with Gasteiger partial charge in [0.25, 0.3) is 0 Å². The van der Waals surface area contributed by atoms with Crippen LogP contribution in [-0.4, -0.2) is 35.4 Å². The number of carbonyl (C=O) groups is 1. The first-order valence-electron chi connectivity index (χ1n) is 9.28. The molecule has 2 aromatic rings. The number of nitrogens with zero attached hydrogens (tertiary/aromatic N) is 2. The fourth-order valence-corrected chi connectivity index (χ4v) is 4.19. The zero-order valence-electron chi connectivity index (χ0n) is 14.5. The third kappa shape index (κ3) is 3.59. The molecule has 0 spiro atoms. The minimum atomic E-state index is 0.103. The van der Waals surface area contributed by atoms with Crippen molar-refractivity contribution in [2.45, 2.75) is 31.7 Å². The molecule has 130 valence electrons. The second kappa shape index (κ2) is 7.36. The van der Waals surface area contributed by atoms with Crippen LogP contribution in [0.25, 0.3) is 0 Å². The van der Waals surface area contributed by atoms with Crippen molar-refractivity contribution in [2.24, 2.45) is 5.92 Å². The van der Waals surface area contributed by atoms with E-state index in [2.05, 4.69) is 45.5 Å². The number of fused-ring (bicyclic) bond motifs is 1. The number of aromatic nitrogens is 1. The second-order valence-corrected chi connectivity index (χ2v) is 7.18. The van der Waals surface area contributed by atoms with Gasteiger partial charge < -0.3 is 10.2 Å². The molecule has 4 heteroatoms. The molecule has 2 unspecified atom stereocenters. The zero-order chi connectivity index (χ0) is 17.1. The van der Waals surface area contributed by atoms with Gasteiger partial charge in [-0.15, -0.1) is 0 Å². The van der Waals surface area contributed by atoms with Gasteiger partial charge in [0.15, 0.2) is 0 Å². The Labute approximate surface area is 149 Å². The lowest BCUT2D eigenvalue weighted by Gasteiger charge is -2.37. The fourth-order valence-electron chi connectivity index (χ4n) is 4.19. The minimum Gasteiger partial charge on any atom is -0.333 e. The van der Waals surface area contributed by atoms with Gasteiger partial charge >= 0.3 is 0 Å². The zero-order valence-corrected chi connectivity index (χ0v) is 14.5. The topological polar surface area (TPSA) is 45.2 Å². The average molecular weight is 335 g/mol. The lowest BCUT2D eigenvalue weighted by Crippen LogP contribution is -2.49. The molecule has 1 aromatic heterocycles. The maximum atomic E-state index is 13.0. The summed E-state index contributed by atoms with van der Waals surface area (Å²) in [5.74, 6) is 0.756. The number of nitrogens with one attached hydrogen (secondary N) is 1. The Bertz CT molecular complexity index is 731. The van der Waals surface area contributed by atoms with Crippen molar-refractivity contribution in [3.05, 3.63) is 65.5 Å². The molecule has 1 N–H and O–H groups in total. The molecular weight excluding hydrogens is 310 g/mol. The predicted molar refractivity (Wildman–Crippen MR) is 98.1 cm³/mol. The maximum Gasteiger partial charge on any atom is 0.223 e. The van der Waals surface area contributed by atoms with E-state index < -0.39 is 0 Å². The van der Waals surface area contributed by atoms with Gasteiger partial charge in [-0.05, 0) is 47.9 Å². The Morgan fingerprint density at radius 1 is 1.20 bits per heavy atom. The Morgan fingerprint density at radius 3 is 2.92 bits per heavy atom. The van der Waals surface area contributed by atoms with Crippen molar-refractivity contribution in [3.8, 4) is 0 Å². The van der Waals surface area contributed by atoms with Gasteiger partial charge in [0.1, 0.15) is 0 Å². The largest absolute Gasteiger partial charge is 0.333 e. The Kier molecular flexibility index (Phi) is 4.79. The summed E-state index contributed by atoms with van der Waals surface area (Å²) in [5, 5.41) is 3.41. The summed E-state index contributed by atoms with van der Waals surface area (Å²) >= 11 is 0. The number of rotatable bonds is 3. The van der Waals surface area contributed by atoms with Crippen LogP contribution in [0, 0.1) is 5.92 Å². The molecule has 1 aliphatic carbocycles. The summed E-state index contributed by atoms with van der Waals surface area (Å²) < 4.78 is 0. The van der Waals surface area contributed by atoms with Crippen LogP contribution >= 0.6 is 0 Å². The van der Waals surface area contributed by atoms with Crippen LogP contribution in [0.4, 0.5) is 0 Å². The number of carbonyl (C=O) groups excluding carboxylic acids is 1. The van der Waals surface area contributed by atoms with E-state index in [1.807, 2.05) is 12.3 Å². The molecule has 2 aliphatic rings. The highest BCUT2D eigenvalue weighted by Crippen LogP contribution is 2.29. The quantitative estimate of drug-likeness (QED) is 0.938. The number of benzene rings is 1. The number of hydrogen-bond acceptors (Lipinski definition) is 3. The SMILES string of the molecule is O=C(CC1CCc2ccccc2C1)N1CCNCC1c1cccnc1. The first-order chi connectivity index (χ1) is 12.3. The van der Waals surface area contributed by atoms with Crippen LogP contribution in [0.1, 0.15) is 35.6 Å². The van der Waals surface area contributed by atoms with E-state index in [4.69, 9.17) is 0 Å². The van der Waals surface area contributed by atoms with Crippen LogP contribution in [0.3, 0.4) is 0 Å². The van der Waals surface area contributed by atoms with E-state index in [9.17, 15) is 4.79 Å². The van der Waals surface area contributed by atoms with Crippen molar-refractivity contribution in [1.29, 1.82) is 0 Å². The Balaban J connectivity index is 1.45. The van der Waals surface area contributed by atoms with Crippen molar-refractivity contribution in [1.82, 2.24) is 15.2 Å². The molecule has 2 heterocycles. The molecule has 2 atom stereocenters. The number of amides is 1. The van der Waals surface area contributed by atoms with Crippen molar-refractivity contribution in [3.63, 3.8) is 0 Å². The molecule has 1 saturated heterocycles. The third-order valence-electron chi connectivity index (χ3n) is 5.55. The molecule has 0 radical (unpaired) electrons. The van der Waals surface area contributed by atoms with E-state index in [-0.39, 0.29) is 6.04 Å². The van der Waals surface area contributed by atoms with Gasteiger partial charge in [0, 0.05) is 38.4 Å². The smallest absolute Gasteiger partial charge is 0.223 e. The molecule has 1 amide bonds. The van der Waals surface area contributed by atoms with Gasteiger partial charge in [-0.2, -0.15) is 0 Å². The van der Waals surface area contributed by atoms with Gasteiger partial charge in [0.2, 0.25) is 5.91 Å². The van der Waals surface area contributed by atoms with E-state index in [1.54, 1.807) is 6.20 Å². The number of hydrogen-bond donors (Lipinski definition) is 1. The van der Waals surface area contributed by atoms with E-state index in [0.29, 0.717) is 18.2 Å². The lowest BCUT2D eigenvalue weighted by atomic mass is 9.82. The van der Waals surface area contributed by atoms with Crippen molar-refractivity contribution >= 4 is 5.91 Å². The predicted octanol–water partition coefficient (Wildman–Crippen LogP) is 2.75. The summed E-state index contributed by atoms with van der Waals surface area (Å²) in [5.41, 5.74) is 4.01. The molecule has 1 fully saturated rings. The average Bonchev–Trinajstić information content (AvgIpc) is 2.68. The highest BCUT2D eigenvalue weighted by atomic mass is 16.2. The van der Waals surface area contributed by atoms with Crippen LogP contribution < -0.4 is 5.32 Å². The molecule has 4 nitrogen and oxygen atoms in total. The van der Waals surface area contributed by atoms with Crippen LogP contribution in [0.15, 0.2) is 48.8 Å². The van der Waals surface area contributed by atoms with Crippen LogP contribution in [-0.2, 0) is 17.6 Å². The first kappa shape index (κ1) is 16.3. The molecule has 4 rings (SSSR count). The Morgan fingerprint density at radius 2 is 2.08 bits per heavy atom. The van der Waals surface area contributed by atoms with E-state index in [1.165, 1.54) is 11.1 Å².